The first-order chi connectivity index (χ1) is 9.70. The van der Waals surface area contributed by atoms with E-state index in [1.54, 1.807) is 33.1 Å². The summed E-state index contributed by atoms with van der Waals surface area (Å²) in [7, 11) is 1.59. The molecule has 0 fully saturated rings. The molecule has 1 aromatic carbocycles. The summed E-state index contributed by atoms with van der Waals surface area (Å²) in [5.74, 6) is -1.04. The van der Waals surface area contributed by atoms with E-state index in [0.717, 1.165) is 11.3 Å². The monoisotopic (exact) mass is 293 g/mol. The molecule has 2 unspecified atom stereocenters. The van der Waals surface area contributed by atoms with Gasteiger partial charge in [0.25, 0.3) is 0 Å². The Morgan fingerprint density at radius 2 is 1.71 bits per heavy atom. The first-order valence-corrected chi connectivity index (χ1v) is 6.88. The van der Waals surface area contributed by atoms with Crippen molar-refractivity contribution < 1.29 is 19.4 Å². The highest BCUT2D eigenvalue weighted by Crippen LogP contribution is 2.26. The molecule has 0 aliphatic rings. The largest absolute Gasteiger partial charge is 0.497 e. The molecule has 1 amide bonds. The van der Waals surface area contributed by atoms with Gasteiger partial charge in [-0.15, -0.1) is 0 Å². The van der Waals surface area contributed by atoms with Crippen LogP contribution in [0.3, 0.4) is 0 Å². The van der Waals surface area contributed by atoms with Gasteiger partial charge in [-0.25, -0.2) is 0 Å². The number of benzene rings is 1. The highest BCUT2D eigenvalue weighted by atomic mass is 16.5. The molecule has 2 atom stereocenters. The average Bonchev–Trinajstić information content (AvgIpc) is 2.46. The summed E-state index contributed by atoms with van der Waals surface area (Å²) in [4.78, 5) is 23.4. The van der Waals surface area contributed by atoms with Crippen LogP contribution in [0.4, 0.5) is 0 Å². The van der Waals surface area contributed by atoms with Crippen LogP contribution in [0.2, 0.25) is 0 Å². The number of aliphatic carboxylic acids is 1. The molecule has 1 rings (SSSR count). The van der Waals surface area contributed by atoms with E-state index in [1.807, 2.05) is 26.0 Å². The third-order valence-corrected chi connectivity index (χ3v) is 3.88. The van der Waals surface area contributed by atoms with Crippen LogP contribution in [0.15, 0.2) is 24.3 Å². The van der Waals surface area contributed by atoms with Crippen molar-refractivity contribution in [3.63, 3.8) is 0 Å². The molecule has 0 heterocycles. The lowest BCUT2D eigenvalue weighted by Gasteiger charge is -2.28. The standard InChI is InChI=1S/C16H23NO4/c1-10(14(18)19)11(2)17-15(20)16(3,4)12-6-8-13(21-5)9-7-12/h6-11H,1-5H3,(H,17,20)(H,18,19). The third kappa shape index (κ3) is 3.97. The number of hydrogen-bond donors (Lipinski definition) is 2. The summed E-state index contributed by atoms with van der Waals surface area (Å²) in [6, 6.07) is 6.84. The number of amides is 1. The predicted octanol–water partition coefficient (Wildman–Crippen LogP) is 2.20. The van der Waals surface area contributed by atoms with Crippen LogP contribution in [0.25, 0.3) is 0 Å². The zero-order valence-electron chi connectivity index (χ0n) is 13.1. The van der Waals surface area contributed by atoms with Gasteiger partial charge in [-0.05, 0) is 45.4 Å². The fourth-order valence-corrected chi connectivity index (χ4v) is 1.86. The maximum absolute atomic E-state index is 12.4. The highest BCUT2D eigenvalue weighted by molar-refractivity contribution is 5.88. The molecule has 0 radical (unpaired) electrons. The van der Waals surface area contributed by atoms with Gasteiger partial charge in [0, 0.05) is 6.04 Å². The number of hydrogen-bond acceptors (Lipinski definition) is 3. The maximum atomic E-state index is 12.4. The Labute approximate surface area is 125 Å². The number of carboxylic acids is 1. The summed E-state index contributed by atoms with van der Waals surface area (Å²) in [5, 5.41) is 11.8. The zero-order valence-corrected chi connectivity index (χ0v) is 13.1. The van der Waals surface area contributed by atoms with Gasteiger partial charge in [0.05, 0.1) is 18.4 Å². The maximum Gasteiger partial charge on any atom is 0.308 e. The topological polar surface area (TPSA) is 75.6 Å². The molecule has 0 saturated carbocycles. The molecule has 0 bridgehead atoms. The van der Waals surface area contributed by atoms with E-state index in [9.17, 15) is 9.59 Å². The molecule has 116 valence electrons. The lowest BCUT2D eigenvalue weighted by molar-refractivity contribution is -0.142. The van der Waals surface area contributed by atoms with Gasteiger partial charge >= 0.3 is 5.97 Å². The molecule has 0 spiro atoms. The normalized spacial score (nSPS) is 14.1. The van der Waals surface area contributed by atoms with Gasteiger partial charge in [-0.1, -0.05) is 12.1 Å². The average molecular weight is 293 g/mol. The number of carboxylic acid groups (broad SMARTS) is 1. The van der Waals surface area contributed by atoms with E-state index in [1.165, 1.54) is 0 Å². The molecule has 0 aliphatic heterocycles. The van der Waals surface area contributed by atoms with Crippen LogP contribution in [-0.2, 0) is 15.0 Å². The van der Waals surface area contributed by atoms with Crippen molar-refractivity contribution in [3.05, 3.63) is 29.8 Å². The smallest absolute Gasteiger partial charge is 0.308 e. The molecule has 0 aliphatic carbocycles. The van der Waals surface area contributed by atoms with Crippen molar-refractivity contribution in [2.45, 2.75) is 39.2 Å². The van der Waals surface area contributed by atoms with E-state index in [-0.39, 0.29) is 5.91 Å². The van der Waals surface area contributed by atoms with Gasteiger partial charge in [0.2, 0.25) is 5.91 Å². The van der Waals surface area contributed by atoms with Gasteiger partial charge in [0.15, 0.2) is 0 Å². The summed E-state index contributed by atoms with van der Waals surface area (Å²) in [5.41, 5.74) is 0.0923. The molecular weight excluding hydrogens is 270 g/mol. The van der Waals surface area contributed by atoms with E-state index in [0.29, 0.717) is 0 Å². The van der Waals surface area contributed by atoms with Crippen LogP contribution < -0.4 is 10.1 Å². The molecule has 21 heavy (non-hydrogen) atoms. The van der Waals surface area contributed by atoms with E-state index in [2.05, 4.69) is 5.32 Å². The second-order valence-electron chi connectivity index (χ2n) is 5.74. The molecule has 5 heteroatoms. The molecular formula is C16H23NO4. The Balaban J connectivity index is 2.85. The third-order valence-electron chi connectivity index (χ3n) is 3.88. The minimum absolute atomic E-state index is 0.201. The number of rotatable bonds is 6. The number of carbonyl (C=O) groups is 2. The summed E-state index contributed by atoms with van der Waals surface area (Å²) >= 11 is 0. The summed E-state index contributed by atoms with van der Waals surface area (Å²) < 4.78 is 5.10. The van der Waals surface area contributed by atoms with Crippen molar-refractivity contribution >= 4 is 11.9 Å². The number of nitrogens with one attached hydrogen (secondary N) is 1. The van der Waals surface area contributed by atoms with Gasteiger partial charge in [-0.3, -0.25) is 9.59 Å². The Hall–Kier alpha value is -2.04. The summed E-state index contributed by atoms with van der Waals surface area (Å²) in [6.07, 6.45) is 0. The Morgan fingerprint density at radius 1 is 1.19 bits per heavy atom. The molecule has 0 aromatic heterocycles. The lowest BCUT2D eigenvalue weighted by Crippen LogP contribution is -2.47. The quantitative estimate of drug-likeness (QED) is 0.843. The van der Waals surface area contributed by atoms with Crippen molar-refractivity contribution in [2.75, 3.05) is 7.11 Å². The van der Waals surface area contributed by atoms with Crippen LogP contribution in [0.5, 0.6) is 5.75 Å². The first-order valence-electron chi connectivity index (χ1n) is 6.88. The lowest BCUT2D eigenvalue weighted by atomic mass is 9.83. The zero-order chi connectivity index (χ0) is 16.2. The Kier molecular flexibility index (Phi) is 5.35. The predicted molar refractivity (Wildman–Crippen MR) is 80.4 cm³/mol. The highest BCUT2D eigenvalue weighted by Gasteiger charge is 2.32. The van der Waals surface area contributed by atoms with Crippen LogP contribution in [0.1, 0.15) is 33.3 Å². The molecule has 2 N–H and O–H groups in total. The second kappa shape index (κ2) is 6.61. The van der Waals surface area contributed by atoms with Crippen LogP contribution in [-0.4, -0.2) is 30.1 Å². The first kappa shape index (κ1) is 17.0. The minimum Gasteiger partial charge on any atom is -0.497 e. The van der Waals surface area contributed by atoms with E-state index < -0.39 is 23.3 Å². The molecule has 0 saturated heterocycles. The van der Waals surface area contributed by atoms with Gasteiger partial charge in [0.1, 0.15) is 5.75 Å². The second-order valence-corrected chi connectivity index (χ2v) is 5.74. The Bertz CT molecular complexity index is 508. The van der Waals surface area contributed by atoms with E-state index >= 15 is 0 Å². The van der Waals surface area contributed by atoms with Gasteiger partial charge < -0.3 is 15.2 Å². The van der Waals surface area contributed by atoms with Crippen molar-refractivity contribution in [1.82, 2.24) is 5.32 Å². The van der Waals surface area contributed by atoms with Crippen molar-refractivity contribution in [3.8, 4) is 5.75 Å². The van der Waals surface area contributed by atoms with Crippen LogP contribution >= 0.6 is 0 Å². The van der Waals surface area contributed by atoms with Crippen molar-refractivity contribution in [2.24, 2.45) is 5.92 Å². The minimum atomic E-state index is -0.926. The number of carbonyl (C=O) groups excluding carboxylic acids is 1. The molecule has 1 aromatic rings. The fraction of sp³-hybridized carbons (Fsp3) is 0.500. The Morgan fingerprint density at radius 3 is 2.14 bits per heavy atom. The van der Waals surface area contributed by atoms with Crippen molar-refractivity contribution in [1.29, 1.82) is 0 Å². The fourth-order valence-electron chi connectivity index (χ4n) is 1.86. The van der Waals surface area contributed by atoms with Crippen LogP contribution in [0, 0.1) is 5.92 Å². The number of methoxy groups -OCH3 is 1. The van der Waals surface area contributed by atoms with Gasteiger partial charge in [-0.2, -0.15) is 0 Å². The van der Waals surface area contributed by atoms with E-state index in [4.69, 9.17) is 9.84 Å². The summed E-state index contributed by atoms with van der Waals surface area (Å²) in [6.45, 7) is 6.89. The number of ether oxygens (including phenoxy) is 1. The SMILES string of the molecule is COc1ccc(C(C)(C)C(=O)NC(C)C(C)C(=O)O)cc1. The molecule has 5 nitrogen and oxygen atoms in total.